The van der Waals surface area contributed by atoms with Crippen LogP contribution in [0.1, 0.15) is 5.56 Å². The number of hydrogen-bond acceptors (Lipinski definition) is 4. The molecule has 1 aliphatic rings. The Morgan fingerprint density at radius 1 is 1.00 bits per heavy atom. The fraction of sp³-hybridized carbons (Fsp3) is 0.0435. The van der Waals surface area contributed by atoms with Gasteiger partial charge in [-0.1, -0.05) is 36.4 Å². The molecule has 30 heavy (non-hydrogen) atoms. The number of carbonyl (C=O) groups excluding carboxylic acids is 1. The van der Waals surface area contributed by atoms with Gasteiger partial charge in [0.25, 0.3) is 5.91 Å². The van der Waals surface area contributed by atoms with Gasteiger partial charge >= 0.3 is 0 Å². The summed E-state index contributed by atoms with van der Waals surface area (Å²) in [4.78, 5) is 20.4. The Morgan fingerprint density at radius 3 is 2.33 bits per heavy atom. The van der Waals surface area contributed by atoms with Crippen molar-refractivity contribution in [2.75, 3.05) is 12.0 Å². The maximum Gasteiger partial charge on any atom is 0.271 e. The summed E-state index contributed by atoms with van der Waals surface area (Å²) in [6.07, 6.45) is 1.89. The number of aliphatic imine (C=N–C) groups is 1. The van der Waals surface area contributed by atoms with Crippen LogP contribution in [0.2, 0.25) is 0 Å². The van der Waals surface area contributed by atoms with Crippen LogP contribution in [0.25, 0.3) is 6.08 Å². The summed E-state index contributed by atoms with van der Waals surface area (Å²) >= 11 is 5.89. The van der Waals surface area contributed by atoms with Crippen LogP contribution in [0.15, 0.2) is 82.7 Å². The topological polar surface area (TPSA) is 41.9 Å². The SMILES string of the molecule is COc1c(I)cc(I)cc1C=C1SC(=Nc2ccccc2)N(c2ccccc2)C1=O. The van der Waals surface area contributed by atoms with Crippen LogP contribution in [0, 0.1) is 7.14 Å². The molecule has 3 aromatic carbocycles. The molecular formula is C23H16I2N2O2S. The highest BCUT2D eigenvalue weighted by Gasteiger charge is 2.35. The van der Waals surface area contributed by atoms with Gasteiger partial charge in [0.05, 0.1) is 27.0 Å². The van der Waals surface area contributed by atoms with E-state index in [9.17, 15) is 4.79 Å². The summed E-state index contributed by atoms with van der Waals surface area (Å²) < 4.78 is 7.67. The second-order valence-corrected chi connectivity index (χ2v) is 9.74. The molecule has 0 saturated carbocycles. The lowest BCUT2D eigenvalue weighted by atomic mass is 10.2. The van der Waals surface area contributed by atoms with Crippen LogP contribution in [-0.4, -0.2) is 18.2 Å². The molecule has 3 aromatic rings. The minimum absolute atomic E-state index is 0.100. The van der Waals surface area contributed by atoms with E-state index in [1.165, 1.54) is 11.8 Å². The molecule has 1 aliphatic heterocycles. The molecule has 0 radical (unpaired) electrons. The largest absolute Gasteiger partial charge is 0.495 e. The Bertz CT molecular complexity index is 1150. The summed E-state index contributed by atoms with van der Waals surface area (Å²) in [5.74, 6) is 0.661. The Morgan fingerprint density at radius 2 is 1.67 bits per heavy atom. The molecule has 0 atom stereocenters. The summed E-state index contributed by atoms with van der Waals surface area (Å²) in [6, 6.07) is 23.3. The molecule has 1 fully saturated rings. The van der Waals surface area contributed by atoms with Crippen molar-refractivity contribution in [1.29, 1.82) is 0 Å². The first kappa shape index (κ1) is 21.4. The number of methoxy groups -OCH3 is 1. The fourth-order valence-corrected chi connectivity index (χ4v) is 6.11. The highest BCUT2D eigenvalue weighted by molar-refractivity contribution is 14.1. The number of anilines is 1. The molecule has 1 saturated heterocycles. The third kappa shape index (κ3) is 4.57. The average molecular weight is 638 g/mol. The van der Waals surface area contributed by atoms with Gasteiger partial charge in [-0.05, 0) is 99.4 Å². The van der Waals surface area contributed by atoms with E-state index in [2.05, 4.69) is 45.2 Å². The van der Waals surface area contributed by atoms with Crippen molar-refractivity contribution in [3.05, 3.63) is 90.4 Å². The van der Waals surface area contributed by atoms with Gasteiger partial charge in [-0.15, -0.1) is 0 Å². The van der Waals surface area contributed by atoms with E-state index in [0.717, 1.165) is 29.8 Å². The predicted molar refractivity (Wildman–Crippen MR) is 141 cm³/mol. The normalized spacial score (nSPS) is 16.5. The van der Waals surface area contributed by atoms with Crippen molar-refractivity contribution in [3.8, 4) is 5.75 Å². The molecule has 1 heterocycles. The van der Waals surface area contributed by atoms with Crippen molar-refractivity contribution in [2.24, 2.45) is 4.99 Å². The number of benzene rings is 3. The Balaban J connectivity index is 1.81. The number of thioether (sulfide) groups is 1. The molecule has 0 aromatic heterocycles. The average Bonchev–Trinajstić information content (AvgIpc) is 3.04. The van der Waals surface area contributed by atoms with Crippen molar-refractivity contribution < 1.29 is 9.53 Å². The minimum Gasteiger partial charge on any atom is -0.495 e. The summed E-state index contributed by atoms with van der Waals surface area (Å²) in [5, 5.41) is 0.628. The minimum atomic E-state index is -0.100. The zero-order valence-corrected chi connectivity index (χ0v) is 21.0. The molecule has 0 unspecified atom stereocenters. The van der Waals surface area contributed by atoms with E-state index < -0.39 is 0 Å². The van der Waals surface area contributed by atoms with Gasteiger partial charge in [0, 0.05) is 9.13 Å². The molecule has 4 nitrogen and oxygen atoms in total. The summed E-state index contributed by atoms with van der Waals surface area (Å²) in [5.41, 5.74) is 2.47. The first-order valence-electron chi connectivity index (χ1n) is 9.02. The summed E-state index contributed by atoms with van der Waals surface area (Å²) in [6.45, 7) is 0. The molecular weight excluding hydrogens is 622 g/mol. The Kier molecular flexibility index (Phi) is 6.79. The zero-order valence-electron chi connectivity index (χ0n) is 15.9. The van der Waals surface area contributed by atoms with E-state index in [0.29, 0.717) is 10.1 Å². The number of ether oxygens (including phenoxy) is 1. The molecule has 0 aliphatic carbocycles. The van der Waals surface area contributed by atoms with Crippen LogP contribution in [0.3, 0.4) is 0 Å². The van der Waals surface area contributed by atoms with Gasteiger partial charge in [0.2, 0.25) is 0 Å². The highest BCUT2D eigenvalue weighted by Crippen LogP contribution is 2.39. The monoisotopic (exact) mass is 638 g/mol. The maximum absolute atomic E-state index is 13.4. The second kappa shape index (κ2) is 9.52. The number of carbonyl (C=O) groups is 1. The van der Waals surface area contributed by atoms with E-state index in [1.807, 2.05) is 78.9 Å². The van der Waals surface area contributed by atoms with E-state index >= 15 is 0 Å². The van der Waals surface area contributed by atoms with Gasteiger partial charge in [-0.3, -0.25) is 9.69 Å². The number of nitrogens with zero attached hydrogens (tertiary/aromatic N) is 2. The standard InChI is InChI=1S/C23H16I2N2O2S/c1-29-21-15(12-16(24)14-19(21)25)13-20-22(28)27(18-10-6-3-7-11-18)23(30-20)26-17-8-4-2-5-9-17/h2-14H,1H3. The van der Waals surface area contributed by atoms with Crippen LogP contribution >= 0.6 is 56.9 Å². The van der Waals surface area contributed by atoms with Crippen molar-refractivity contribution in [3.63, 3.8) is 0 Å². The number of amidine groups is 1. The third-order valence-corrected chi connectivity index (χ3v) is 6.72. The fourth-order valence-electron chi connectivity index (χ4n) is 3.01. The Hall–Kier alpha value is -1.85. The van der Waals surface area contributed by atoms with E-state index in [1.54, 1.807) is 12.0 Å². The van der Waals surface area contributed by atoms with Gasteiger partial charge in [-0.25, -0.2) is 4.99 Å². The van der Waals surface area contributed by atoms with Crippen LogP contribution in [0.4, 0.5) is 11.4 Å². The van der Waals surface area contributed by atoms with E-state index in [-0.39, 0.29) is 5.91 Å². The lowest BCUT2D eigenvalue weighted by molar-refractivity contribution is -0.113. The quantitative estimate of drug-likeness (QED) is 0.236. The number of halogens is 2. The summed E-state index contributed by atoms with van der Waals surface area (Å²) in [7, 11) is 1.65. The number of amides is 1. The number of hydrogen-bond donors (Lipinski definition) is 0. The van der Waals surface area contributed by atoms with Crippen molar-refractivity contribution >= 4 is 85.5 Å². The Labute approximate surface area is 206 Å². The second-order valence-electron chi connectivity index (χ2n) is 6.33. The lowest BCUT2D eigenvalue weighted by Crippen LogP contribution is -2.28. The van der Waals surface area contributed by atoms with Crippen molar-refractivity contribution in [1.82, 2.24) is 0 Å². The zero-order chi connectivity index (χ0) is 21.1. The molecule has 1 amide bonds. The van der Waals surface area contributed by atoms with Crippen LogP contribution in [-0.2, 0) is 4.79 Å². The van der Waals surface area contributed by atoms with E-state index in [4.69, 9.17) is 9.73 Å². The smallest absolute Gasteiger partial charge is 0.271 e. The van der Waals surface area contributed by atoms with Gasteiger partial charge in [0.1, 0.15) is 5.75 Å². The first-order valence-corrected chi connectivity index (χ1v) is 12.0. The van der Waals surface area contributed by atoms with Crippen molar-refractivity contribution in [2.45, 2.75) is 0 Å². The predicted octanol–water partition coefficient (Wildman–Crippen LogP) is 6.71. The van der Waals surface area contributed by atoms with Gasteiger partial charge in [-0.2, -0.15) is 0 Å². The third-order valence-electron chi connectivity index (χ3n) is 4.33. The van der Waals surface area contributed by atoms with Crippen LogP contribution < -0.4 is 9.64 Å². The highest BCUT2D eigenvalue weighted by atomic mass is 127. The number of para-hydroxylation sites is 2. The molecule has 0 spiro atoms. The molecule has 7 heteroatoms. The lowest BCUT2D eigenvalue weighted by Gasteiger charge is -2.15. The maximum atomic E-state index is 13.4. The molecule has 4 rings (SSSR count). The van der Waals surface area contributed by atoms with Gasteiger partial charge in [0.15, 0.2) is 5.17 Å². The number of rotatable bonds is 4. The first-order chi connectivity index (χ1) is 14.6. The van der Waals surface area contributed by atoms with Crippen LogP contribution in [0.5, 0.6) is 5.75 Å². The molecule has 150 valence electrons. The van der Waals surface area contributed by atoms with Gasteiger partial charge < -0.3 is 4.74 Å². The molecule has 0 N–H and O–H groups in total. The molecule has 0 bridgehead atoms.